The van der Waals surface area contributed by atoms with Crippen LogP contribution in [0.5, 0.6) is 0 Å². The predicted molar refractivity (Wildman–Crippen MR) is 112 cm³/mol. The second-order valence-electron chi connectivity index (χ2n) is 6.28. The molecule has 0 radical (unpaired) electrons. The Hall–Kier alpha value is -2.30. The Morgan fingerprint density at radius 3 is 2.86 bits per heavy atom. The quantitative estimate of drug-likeness (QED) is 0.453. The molecule has 3 heterocycles. The zero-order chi connectivity index (χ0) is 19.7. The zero-order valence-electron chi connectivity index (χ0n) is 15.5. The van der Waals surface area contributed by atoms with E-state index in [4.69, 9.17) is 4.42 Å². The molecule has 0 aliphatic rings. The van der Waals surface area contributed by atoms with Gasteiger partial charge in [-0.15, -0.1) is 21.5 Å². The number of carbonyl (C=O) groups is 1. The Labute approximate surface area is 173 Å². The summed E-state index contributed by atoms with van der Waals surface area (Å²) in [5.74, 6) is 0.504. The van der Waals surface area contributed by atoms with Gasteiger partial charge in [-0.2, -0.15) is 0 Å². The Kier molecular flexibility index (Phi) is 5.42. The number of rotatable bonds is 6. The van der Waals surface area contributed by atoms with Crippen LogP contribution in [0, 0.1) is 20.8 Å². The van der Waals surface area contributed by atoms with Crippen LogP contribution >= 0.6 is 34.4 Å². The van der Waals surface area contributed by atoms with Crippen molar-refractivity contribution in [3.05, 3.63) is 45.2 Å². The van der Waals surface area contributed by atoms with E-state index in [1.807, 2.05) is 19.2 Å². The van der Waals surface area contributed by atoms with Gasteiger partial charge < -0.3 is 9.73 Å². The number of nitrogens with one attached hydrogen (secondary N) is 1. The molecule has 3 aromatic heterocycles. The maximum atomic E-state index is 12.3. The topological polar surface area (TPSA) is 93.8 Å². The van der Waals surface area contributed by atoms with E-state index < -0.39 is 0 Å². The molecular weight excluding hydrogens is 414 g/mol. The van der Waals surface area contributed by atoms with Crippen LogP contribution in [0.2, 0.25) is 0 Å². The number of hydrogen-bond acceptors (Lipinski definition) is 9. The molecule has 0 atom stereocenters. The monoisotopic (exact) mass is 431 g/mol. The van der Waals surface area contributed by atoms with Gasteiger partial charge in [0.25, 0.3) is 5.22 Å². The van der Waals surface area contributed by atoms with Crippen LogP contribution in [0.4, 0.5) is 5.13 Å². The molecule has 0 saturated carbocycles. The summed E-state index contributed by atoms with van der Waals surface area (Å²) in [4.78, 5) is 21.2. The number of aromatic nitrogens is 4. The Bertz CT molecular complexity index is 1150. The Balaban J connectivity index is 1.34. The molecule has 0 unspecified atom stereocenters. The van der Waals surface area contributed by atoms with Gasteiger partial charge in [0, 0.05) is 5.38 Å². The molecule has 0 aliphatic heterocycles. The maximum absolute atomic E-state index is 12.3. The molecule has 144 valence electrons. The third-order valence-corrected chi connectivity index (χ3v) is 6.41. The number of thioether (sulfide) groups is 1. The standard InChI is InChI=1S/C18H17N5O2S3/c1-9-4-10(2)16-13(5-9)28-17(21-16)20-14(24)8-27-18-23-22-15(25-18)6-12-7-26-11(3)19-12/h4-5,7H,6,8H2,1-3H3,(H,20,21,24). The fourth-order valence-electron chi connectivity index (χ4n) is 2.72. The molecule has 4 aromatic rings. The highest BCUT2D eigenvalue weighted by atomic mass is 32.2. The summed E-state index contributed by atoms with van der Waals surface area (Å²) in [5, 5.41) is 14.8. The van der Waals surface area contributed by atoms with Crippen LogP contribution in [0.3, 0.4) is 0 Å². The number of thiazole rings is 2. The Morgan fingerprint density at radius 2 is 2.07 bits per heavy atom. The van der Waals surface area contributed by atoms with E-state index in [2.05, 4.69) is 44.5 Å². The number of hydrogen-bond donors (Lipinski definition) is 1. The number of carbonyl (C=O) groups excluding carboxylic acids is 1. The lowest BCUT2D eigenvalue weighted by atomic mass is 10.1. The number of fused-ring (bicyclic) bond motifs is 1. The highest BCUT2D eigenvalue weighted by Gasteiger charge is 2.13. The smallest absolute Gasteiger partial charge is 0.277 e. The number of aryl methyl sites for hydroxylation is 3. The van der Waals surface area contributed by atoms with Gasteiger partial charge >= 0.3 is 0 Å². The van der Waals surface area contributed by atoms with Crippen molar-refractivity contribution < 1.29 is 9.21 Å². The third-order valence-electron chi connectivity index (χ3n) is 3.85. The van der Waals surface area contributed by atoms with Crippen LogP contribution in [0.1, 0.15) is 27.7 Å². The normalized spacial score (nSPS) is 11.2. The van der Waals surface area contributed by atoms with Crippen LogP contribution in [-0.2, 0) is 11.2 Å². The van der Waals surface area contributed by atoms with Crippen molar-refractivity contribution in [2.45, 2.75) is 32.4 Å². The lowest BCUT2D eigenvalue weighted by Crippen LogP contribution is -2.13. The van der Waals surface area contributed by atoms with Gasteiger partial charge in [-0.3, -0.25) is 4.79 Å². The minimum absolute atomic E-state index is 0.159. The van der Waals surface area contributed by atoms with E-state index in [1.54, 1.807) is 11.3 Å². The van der Waals surface area contributed by atoms with Crippen molar-refractivity contribution in [1.82, 2.24) is 20.2 Å². The molecule has 1 amide bonds. The summed E-state index contributed by atoms with van der Waals surface area (Å²) in [7, 11) is 0. The average molecular weight is 432 g/mol. The van der Waals surface area contributed by atoms with Crippen LogP contribution < -0.4 is 5.32 Å². The van der Waals surface area contributed by atoms with E-state index in [-0.39, 0.29) is 11.7 Å². The minimum Gasteiger partial charge on any atom is -0.416 e. The zero-order valence-corrected chi connectivity index (χ0v) is 17.9. The predicted octanol–water partition coefficient (Wildman–Crippen LogP) is 4.38. The highest BCUT2D eigenvalue weighted by molar-refractivity contribution is 7.99. The summed E-state index contributed by atoms with van der Waals surface area (Å²) in [6, 6.07) is 4.16. The first-order valence-electron chi connectivity index (χ1n) is 8.50. The lowest BCUT2D eigenvalue weighted by Gasteiger charge is -1.98. The van der Waals surface area contributed by atoms with E-state index in [0.717, 1.165) is 26.5 Å². The molecule has 28 heavy (non-hydrogen) atoms. The summed E-state index contributed by atoms with van der Waals surface area (Å²) < 4.78 is 6.66. The number of nitrogens with zero attached hydrogens (tertiary/aromatic N) is 4. The van der Waals surface area contributed by atoms with E-state index in [0.29, 0.717) is 22.7 Å². The molecular formula is C18H17N5O2S3. The molecule has 0 saturated heterocycles. The SMILES string of the molecule is Cc1cc(C)c2nc(NC(=O)CSc3nnc(Cc4csc(C)n4)o3)sc2c1. The summed E-state index contributed by atoms with van der Waals surface area (Å²) in [6.45, 7) is 6.03. The molecule has 1 aromatic carbocycles. The fraction of sp³-hybridized carbons (Fsp3) is 0.278. The van der Waals surface area contributed by atoms with Crippen molar-refractivity contribution >= 4 is 55.7 Å². The van der Waals surface area contributed by atoms with E-state index >= 15 is 0 Å². The third kappa shape index (κ3) is 4.40. The molecule has 0 spiro atoms. The minimum atomic E-state index is -0.159. The van der Waals surface area contributed by atoms with Crippen molar-refractivity contribution in [3.8, 4) is 0 Å². The highest BCUT2D eigenvalue weighted by Crippen LogP contribution is 2.29. The first kappa shape index (κ1) is 19.0. The largest absolute Gasteiger partial charge is 0.416 e. The molecule has 4 rings (SSSR count). The molecule has 7 nitrogen and oxygen atoms in total. The molecule has 0 fully saturated rings. The van der Waals surface area contributed by atoms with Gasteiger partial charge in [-0.05, 0) is 38.0 Å². The van der Waals surface area contributed by atoms with Crippen molar-refractivity contribution in [3.63, 3.8) is 0 Å². The second kappa shape index (κ2) is 7.98. The number of benzene rings is 1. The summed E-state index contributed by atoms with van der Waals surface area (Å²) in [6.07, 6.45) is 0.495. The van der Waals surface area contributed by atoms with Gasteiger partial charge in [0.1, 0.15) is 0 Å². The van der Waals surface area contributed by atoms with Crippen LogP contribution in [-0.4, -0.2) is 31.8 Å². The van der Waals surface area contributed by atoms with Crippen LogP contribution in [0.25, 0.3) is 10.2 Å². The van der Waals surface area contributed by atoms with Crippen molar-refractivity contribution in [2.24, 2.45) is 0 Å². The van der Waals surface area contributed by atoms with Gasteiger partial charge in [-0.1, -0.05) is 29.2 Å². The summed E-state index contributed by atoms with van der Waals surface area (Å²) in [5.41, 5.74) is 4.12. The van der Waals surface area contributed by atoms with E-state index in [1.165, 1.54) is 28.7 Å². The van der Waals surface area contributed by atoms with Gasteiger partial charge in [0.05, 0.1) is 33.1 Å². The first-order chi connectivity index (χ1) is 13.5. The number of amides is 1. The fourth-order valence-corrected chi connectivity index (χ4v) is 4.97. The summed E-state index contributed by atoms with van der Waals surface area (Å²) >= 11 is 4.26. The van der Waals surface area contributed by atoms with Crippen LogP contribution in [0.15, 0.2) is 27.2 Å². The molecule has 1 N–H and O–H groups in total. The van der Waals surface area contributed by atoms with E-state index in [9.17, 15) is 4.79 Å². The molecule has 0 aliphatic carbocycles. The maximum Gasteiger partial charge on any atom is 0.277 e. The molecule has 0 bridgehead atoms. The molecule has 10 heteroatoms. The van der Waals surface area contributed by atoms with Crippen molar-refractivity contribution in [2.75, 3.05) is 11.1 Å². The van der Waals surface area contributed by atoms with Gasteiger partial charge in [-0.25, -0.2) is 9.97 Å². The van der Waals surface area contributed by atoms with Gasteiger partial charge in [0.15, 0.2) is 5.13 Å². The number of anilines is 1. The average Bonchev–Trinajstić information content (AvgIpc) is 3.34. The van der Waals surface area contributed by atoms with Crippen molar-refractivity contribution in [1.29, 1.82) is 0 Å². The lowest BCUT2D eigenvalue weighted by molar-refractivity contribution is -0.113. The second-order valence-corrected chi connectivity index (χ2v) is 9.30. The first-order valence-corrected chi connectivity index (χ1v) is 11.2. The van der Waals surface area contributed by atoms with Gasteiger partial charge in [0.2, 0.25) is 11.8 Å². The Morgan fingerprint density at radius 1 is 1.21 bits per heavy atom.